The number of benzene rings is 1. The number of methoxy groups -OCH3 is 1. The van der Waals surface area contributed by atoms with E-state index in [0.717, 1.165) is 22.2 Å². The molecule has 0 bridgehead atoms. The number of nitriles is 1. The van der Waals surface area contributed by atoms with E-state index < -0.39 is 0 Å². The molecule has 14 heavy (non-hydrogen) atoms. The maximum absolute atomic E-state index is 8.84. The van der Waals surface area contributed by atoms with Crippen molar-refractivity contribution in [2.75, 3.05) is 7.11 Å². The highest BCUT2D eigenvalue weighted by molar-refractivity contribution is 5.87. The Bertz CT molecular complexity index is 520. The summed E-state index contributed by atoms with van der Waals surface area (Å²) in [6, 6.07) is 6.01. The van der Waals surface area contributed by atoms with Gasteiger partial charge in [-0.25, -0.2) is 0 Å². The van der Waals surface area contributed by atoms with Gasteiger partial charge in [-0.1, -0.05) is 0 Å². The van der Waals surface area contributed by atoms with Crippen LogP contribution in [0.3, 0.4) is 0 Å². The van der Waals surface area contributed by atoms with Gasteiger partial charge in [0.05, 0.1) is 18.2 Å². The molecule has 1 aromatic carbocycles. The first-order chi connectivity index (χ1) is 6.76. The maximum atomic E-state index is 8.84. The molecule has 0 saturated heterocycles. The van der Waals surface area contributed by atoms with Crippen molar-refractivity contribution < 1.29 is 4.74 Å². The third-order valence-corrected chi connectivity index (χ3v) is 2.32. The maximum Gasteiger partial charge on any atom is 0.123 e. The van der Waals surface area contributed by atoms with Crippen molar-refractivity contribution in [1.29, 1.82) is 5.26 Å². The highest BCUT2D eigenvalue weighted by atomic mass is 16.5. The van der Waals surface area contributed by atoms with Crippen molar-refractivity contribution in [3.63, 3.8) is 0 Å². The van der Waals surface area contributed by atoms with Gasteiger partial charge < -0.3 is 9.72 Å². The van der Waals surface area contributed by atoms with Crippen LogP contribution in [-0.2, 0) is 0 Å². The van der Waals surface area contributed by atoms with Crippen molar-refractivity contribution in [2.24, 2.45) is 0 Å². The number of H-pyrrole nitrogens is 1. The van der Waals surface area contributed by atoms with Crippen LogP contribution >= 0.6 is 0 Å². The first-order valence-corrected chi connectivity index (χ1v) is 4.32. The minimum atomic E-state index is 0.672. The van der Waals surface area contributed by atoms with E-state index in [1.807, 2.05) is 19.1 Å². The number of nitrogens with zero attached hydrogens (tertiary/aromatic N) is 1. The SMILES string of the molecule is COc1cc2[nH]cc(C#N)c2cc1C. The minimum absolute atomic E-state index is 0.672. The van der Waals surface area contributed by atoms with Crippen molar-refractivity contribution in [1.82, 2.24) is 4.98 Å². The van der Waals surface area contributed by atoms with Crippen molar-refractivity contribution in [3.05, 3.63) is 29.5 Å². The predicted octanol–water partition coefficient (Wildman–Crippen LogP) is 2.36. The van der Waals surface area contributed by atoms with E-state index in [1.54, 1.807) is 13.3 Å². The molecule has 0 aliphatic carbocycles. The summed E-state index contributed by atoms with van der Waals surface area (Å²) in [6.07, 6.45) is 1.71. The lowest BCUT2D eigenvalue weighted by atomic mass is 10.1. The molecule has 3 nitrogen and oxygen atoms in total. The molecule has 70 valence electrons. The summed E-state index contributed by atoms with van der Waals surface area (Å²) in [5.41, 5.74) is 2.64. The van der Waals surface area contributed by atoms with Crippen LogP contribution < -0.4 is 4.74 Å². The van der Waals surface area contributed by atoms with Gasteiger partial charge in [-0.2, -0.15) is 5.26 Å². The fourth-order valence-corrected chi connectivity index (χ4v) is 1.57. The smallest absolute Gasteiger partial charge is 0.123 e. The second-order valence-corrected chi connectivity index (χ2v) is 3.18. The standard InChI is InChI=1S/C11H10N2O/c1-7-3-9-8(5-12)6-13-10(9)4-11(7)14-2/h3-4,6,13H,1-2H3. The summed E-state index contributed by atoms with van der Waals surface area (Å²) in [5.74, 6) is 0.837. The van der Waals surface area contributed by atoms with Crippen LogP contribution in [0.1, 0.15) is 11.1 Å². The summed E-state index contributed by atoms with van der Waals surface area (Å²) in [4.78, 5) is 3.04. The molecule has 0 amide bonds. The minimum Gasteiger partial charge on any atom is -0.496 e. The molecule has 0 spiro atoms. The summed E-state index contributed by atoms with van der Waals surface area (Å²) < 4.78 is 5.19. The van der Waals surface area contributed by atoms with Crippen LogP contribution in [0.25, 0.3) is 10.9 Å². The Morgan fingerprint density at radius 3 is 2.86 bits per heavy atom. The molecule has 0 atom stereocenters. The zero-order chi connectivity index (χ0) is 10.1. The fraction of sp³-hybridized carbons (Fsp3) is 0.182. The van der Waals surface area contributed by atoms with E-state index in [2.05, 4.69) is 11.1 Å². The number of aromatic amines is 1. The van der Waals surface area contributed by atoms with Crippen LogP contribution in [0.2, 0.25) is 0 Å². The third kappa shape index (κ3) is 1.12. The molecule has 0 aliphatic rings. The van der Waals surface area contributed by atoms with Gasteiger partial charge in [0.2, 0.25) is 0 Å². The lowest BCUT2D eigenvalue weighted by Crippen LogP contribution is -1.86. The molecule has 1 heterocycles. The zero-order valence-electron chi connectivity index (χ0n) is 8.09. The average molecular weight is 186 g/mol. The number of hydrogen-bond donors (Lipinski definition) is 1. The van der Waals surface area contributed by atoms with E-state index in [4.69, 9.17) is 10.00 Å². The molecular formula is C11H10N2O. The van der Waals surface area contributed by atoms with Crippen LogP contribution in [-0.4, -0.2) is 12.1 Å². The first-order valence-electron chi connectivity index (χ1n) is 4.32. The Balaban J connectivity index is 2.77. The quantitative estimate of drug-likeness (QED) is 0.743. The van der Waals surface area contributed by atoms with E-state index >= 15 is 0 Å². The number of aryl methyl sites for hydroxylation is 1. The Labute approximate surface area is 81.9 Å². The Kier molecular flexibility index (Phi) is 1.90. The predicted molar refractivity (Wildman–Crippen MR) is 54.3 cm³/mol. The normalized spacial score (nSPS) is 10.1. The topological polar surface area (TPSA) is 48.8 Å². The van der Waals surface area contributed by atoms with Gasteiger partial charge in [0.1, 0.15) is 11.8 Å². The highest BCUT2D eigenvalue weighted by Crippen LogP contribution is 2.26. The summed E-state index contributed by atoms with van der Waals surface area (Å²) in [7, 11) is 1.64. The number of nitrogens with one attached hydrogen (secondary N) is 1. The number of ether oxygens (including phenoxy) is 1. The molecule has 0 aliphatic heterocycles. The number of fused-ring (bicyclic) bond motifs is 1. The summed E-state index contributed by atoms with van der Waals surface area (Å²) in [5, 5.41) is 9.79. The Morgan fingerprint density at radius 1 is 1.43 bits per heavy atom. The molecule has 3 heteroatoms. The van der Waals surface area contributed by atoms with Crippen molar-refractivity contribution in [2.45, 2.75) is 6.92 Å². The lowest BCUT2D eigenvalue weighted by molar-refractivity contribution is 0.412. The van der Waals surface area contributed by atoms with Crippen LogP contribution in [0, 0.1) is 18.3 Å². The van der Waals surface area contributed by atoms with E-state index in [-0.39, 0.29) is 0 Å². The van der Waals surface area contributed by atoms with Gasteiger partial charge in [0, 0.05) is 17.6 Å². The molecule has 0 unspecified atom stereocenters. The molecule has 0 radical (unpaired) electrons. The molecule has 1 N–H and O–H groups in total. The molecular weight excluding hydrogens is 176 g/mol. The van der Waals surface area contributed by atoms with Gasteiger partial charge in [-0.05, 0) is 18.6 Å². The Morgan fingerprint density at radius 2 is 2.21 bits per heavy atom. The van der Waals surface area contributed by atoms with E-state index in [9.17, 15) is 0 Å². The molecule has 2 aromatic rings. The highest BCUT2D eigenvalue weighted by Gasteiger charge is 2.06. The molecule has 0 fully saturated rings. The second kappa shape index (κ2) is 3.08. The molecule has 2 rings (SSSR count). The van der Waals surface area contributed by atoms with Crippen LogP contribution in [0.4, 0.5) is 0 Å². The fourth-order valence-electron chi connectivity index (χ4n) is 1.57. The summed E-state index contributed by atoms with van der Waals surface area (Å²) >= 11 is 0. The first kappa shape index (κ1) is 8.64. The van der Waals surface area contributed by atoms with Crippen molar-refractivity contribution in [3.8, 4) is 11.8 Å². The molecule has 0 saturated carbocycles. The third-order valence-electron chi connectivity index (χ3n) is 2.32. The van der Waals surface area contributed by atoms with Crippen molar-refractivity contribution >= 4 is 10.9 Å². The van der Waals surface area contributed by atoms with Gasteiger partial charge in [-0.3, -0.25) is 0 Å². The monoisotopic (exact) mass is 186 g/mol. The molecule has 1 aromatic heterocycles. The summed E-state index contributed by atoms with van der Waals surface area (Å²) in [6.45, 7) is 1.96. The second-order valence-electron chi connectivity index (χ2n) is 3.18. The zero-order valence-corrected chi connectivity index (χ0v) is 8.09. The van der Waals surface area contributed by atoms with E-state index in [1.165, 1.54) is 0 Å². The van der Waals surface area contributed by atoms with Gasteiger partial charge in [0.25, 0.3) is 0 Å². The van der Waals surface area contributed by atoms with Gasteiger partial charge >= 0.3 is 0 Å². The number of hydrogen-bond acceptors (Lipinski definition) is 2. The average Bonchev–Trinajstić information content (AvgIpc) is 2.58. The largest absolute Gasteiger partial charge is 0.496 e. The van der Waals surface area contributed by atoms with E-state index in [0.29, 0.717) is 5.56 Å². The van der Waals surface area contributed by atoms with Gasteiger partial charge in [-0.15, -0.1) is 0 Å². The van der Waals surface area contributed by atoms with Crippen LogP contribution in [0.15, 0.2) is 18.3 Å². The van der Waals surface area contributed by atoms with Crippen LogP contribution in [0.5, 0.6) is 5.75 Å². The lowest BCUT2D eigenvalue weighted by Gasteiger charge is -2.03. The number of rotatable bonds is 1. The van der Waals surface area contributed by atoms with Gasteiger partial charge in [0.15, 0.2) is 0 Å². The number of aromatic nitrogens is 1. The Hall–Kier alpha value is -1.95.